The molecule has 1 atom stereocenters. The van der Waals surface area contributed by atoms with Gasteiger partial charge >= 0.3 is 6.18 Å². The first-order valence-electron chi connectivity index (χ1n) is 11.1. The lowest BCUT2D eigenvalue weighted by Gasteiger charge is -2.35. The van der Waals surface area contributed by atoms with E-state index in [1.807, 2.05) is 18.0 Å². The molecule has 0 bridgehead atoms. The fourth-order valence-corrected chi connectivity index (χ4v) is 4.72. The zero-order valence-corrected chi connectivity index (χ0v) is 18.9. The summed E-state index contributed by atoms with van der Waals surface area (Å²) in [6, 6.07) is 2.15. The van der Waals surface area contributed by atoms with Gasteiger partial charge in [0.05, 0.1) is 18.0 Å². The Hall–Kier alpha value is -2.95. The molecule has 11 heteroatoms. The molecule has 1 fully saturated rings. The lowest BCUT2D eigenvalue weighted by Crippen LogP contribution is -2.39. The Bertz CT molecular complexity index is 1190. The number of hydrogen-bond acceptors (Lipinski definition) is 7. The van der Waals surface area contributed by atoms with Gasteiger partial charge in [0.2, 0.25) is 0 Å². The van der Waals surface area contributed by atoms with Crippen LogP contribution in [0.2, 0.25) is 0 Å². The van der Waals surface area contributed by atoms with Gasteiger partial charge in [0.15, 0.2) is 11.5 Å². The second-order valence-electron chi connectivity index (χ2n) is 8.75. The zero-order chi connectivity index (χ0) is 23.3. The van der Waals surface area contributed by atoms with E-state index >= 15 is 0 Å². The van der Waals surface area contributed by atoms with E-state index in [1.165, 1.54) is 0 Å². The van der Waals surface area contributed by atoms with E-state index < -0.39 is 12.0 Å². The molecule has 1 unspecified atom stereocenters. The van der Waals surface area contributed by atoms with Gasteiger partial charge in [0.1, 0.15) is 0 Å². The highest BCUT2D eigenvalue weighted by Crippen LogP contribution is 2.33. The Morgan fingerprint density at radius 2 is 1.91 bits per heavy atom. The Kier molecular flexibility index (Phi) is 5.38. The summed E-state index contributed by atoms with van der Waals surface area (Å²) in [5.41, 5.74) is 4.70. The average Bonchev–Trinajstić information content (AvgIpc) is 3.25. The van der Waals surface area contributed by atoms with Crippen LogP contribution in [-0.2, 0) is 23.9 Å². The third kappa shape index (κ3) is 3.88. The number of methoxy groups -OCH3 is 1. The summed E-state index contributed by atoms with van der Waals surface area (Å²) >= 11 is 0. The molecule has 3 aromatic heterocycles. The van der Waals surface area contributed by atoms with Crippen molar-refractivity contribution in [2.75, 3.05) is 36.5 Å². The van der Waals surface area contributed by atoms with E-state index in [4.69, 9.17) is 9.72 Å². The molecule has 0 saturated carbocycles. The van der Waals surface area contributed by atoms with E-state index in [2.05, 4.69) is 26.3 Å². The number of nitrogens with zero attached hydrogens (tertiary/aromatic N) is 7. The summed E-state index contributed by atoms with van der Waals surface area (Å²) < 4.78 is 46.7. The average molecular weight is 461 g/mol. The molecule has 0 aliphatic carbocycles. The lowest BCUT2D eigenvalue weighted by atomic mass is 10.0. The van der Waals surface area contributed by atoms with Crippen molar-refractivity contribution in [2.45, 2.75) is 51.9 Å². The molecule has 0 N–H and O–H groups in total. The second-order valence-corrected chi connectivity index (χ2v) is 8.75. The van der Waals surface area contributed by atoms with Gasteiger partial charge in [-0.1, -0.05) is 0 Å². The van der Waals surface area contributed by atoms with Crippen LogP contribution in [0, 0.1) is 13.8 Å². The lowest BCUT2D eigenvalue weighted by molar-refractivity contribution is -0.146. The van der Waals surface area contributed by atoms with Crippen molar-refractivity contribution < 1.29 is 17.9 Å². The summed E-state index contributed by atoms with van der Waals surface area (Å²) in [5.74, 6) is -0.597. The molecule has 0 spiro atoms. The van der Waals surface area contributed by atoms with E-state index in [-0.39, 0.29) is 11.8 Å². The minimum atomic E-state index is -4.63. The van der Waals surface area contributed by atoms with Crippen LogP contribution in [0.1, 0.15) is 41.1 Å². The minimum Gasteiger partial charge on any atom is -0.380 e. The Balaban J connectivity index is 1.48. The van der Waals surface area contributed by atoms with Crippen molar-refractivity contribution in [1.29, 1.82) is 0 Å². The smallest absolute Gasteiger partial charge is 0.380 e. The molecule has 0 amide bonds. The van der Waals surface area contributed by atoms with Crippen LogP contribution in [0.15, 0.2) is 12.3 Å². The van der Waals surface area contributed by atoms with Gasteiger partial charge in [-0.25, -0.2) is 0 Å². The van der Waals surface area contributed by atoms with Crippen LogP contribution in [-0.4, -0.2) is 57.6 Å². The monoisotopic (exact) mass is 461 g/mol. The molecular weight excluding hydrogens is 435 g/mol. The number of ether oxygens (including phenoxy) is 1. The number of rotatable bonds is 3. The van der Waals surface area contributed by atoms with Gasteiger partial charge in [-0.05, 0) is 38.3 Å². The number of anilines is 2. The van der Waals surface area contributed by atoms with E-state index in [9.17, 15) is 13.2 Å². The molecule has 176 valence electrons. The van der Waals surface area contributed by atoms with Gasteiger partial charge in [-0.3, -0.25) is 4.98 Å². The van der Waals surface area contributed by atoms with Crippen LogP contribution in [0.5, 0.6) is 0 Å². The fraction of sp³-hybridized carbons (Fsp3) is 0.545. The number of halogens is 3. The summed E-state index contributed by atoms with van der Waals surface area (Å²) in [4.78, 5) is 9.00. The van der Waals surface area contributed by atoms with Crippen LogP contribution >= 0.6 is 0 Å². The SMILES string of the molecule is COC1CCCN(c2cnc3c(c2)CN(c2nn4c(C(F)(F)F)nnc4c(C)c2C)CC3)C1. The summed E-state index contributed by atoms with van der Waals surface area (Å²) in [5, 5.41) is 11.4. The normalized spacial score (nSPS) is 19.3. The molecular formula is C22H26F3N7O. The van der Waals surface area contributed by atoms with Crippen molar-refractivity contribution >= 4 is 17.2 Å². The quantitative estimate of drug-likeness (QED) is 0.593. The summed E-state index contributed by atoms with van der Waals surface area (Å²) in [6.45, 7) is 6.55. The number of aryl methyl sites for hydroxylation is 1. The number of hydrogen-bond donors (Lipinski definition) is 0. The van der Waals surface area contributed by atoms with Crippen molar-refractivity contribution in [3.63, 3.8) is 0 Å². The minimum absolute atomic E-state index is 0.128. The van der Waals surface area contributed by atoms with Crippen LogP contribution in [0.4, 0.5) is 24.7 Å². The number of fused-ring (bicyclic) bond motifs is 2. The van der Waals surface area contributed by atoms with Crippen molar-refractivity contribution in [3.8, 4) is 0 Å². The molecule has 2 aliphatic heterocycles. The van der Waals surface area contributed by atoms with Crippen LogP contribution < -0.4 is 9.80 Å². The largest absolute Gasteiger partial charge is 0.453 e. The first-order chi connectivity index (χ1) is 15.8. The van der Waals surface area contributed by atoms with Crippen molar-refractivity contribution in [2.24, 2.45) is 0 Å². The molecule has 3 aromatic rings. The fourth-order valence-electron chi connectivity index (χ4n) is 4.72. The second kappa shape index (κ2) is 8.12. The molecule has 33 heavy (non-hydrogen) atoms. The van der Waals surface area contributed by atoms with Gasteiger partial charge < -0.3 is 14.5 Å². The highest BCUT2D eigenvalue weighted by atomic mass is 19.4. The molecule has 2 aliphatic rings. The Morgan fingerprint density at radius 3 is 2.67 bits per heavy atom. The number of pyridine rings is 1. The molecule has 5 heterocycles. The van der Waals surface area contributed by atoms with E-state index in [0.717, 1.165) is 53.0 Å². The van der Waals surface area contributed by atoms with Crippen LogP contribution in [0.25, 0.3) is 5.65 Å². The highest BCUT2D eigenvalue weighted by Gasteiger charge is 2.38. The third-order valence-electron chi connectivity index (χ3n) is 6.72. The number of alkyl halides is 3. The molecule has 0 radical (unpaired) electrons. The van der Waals surface area contributed by atoms with E-state index in [0.29, 0.717) is 30.9 Å². The first-order valence-corrected chi connectivity index (χ1v) is 11.1. The van der Waals surface area contributed by atoms with Gasteiger partial charge in [0.25, 0.3) is 5.82 Å². The number of aromatic nitrogens is 5. The van der Waals surface area contributed by atoms with Crippen molar-refractivity contribution in [3.05, 3.63) is 40.5 Å². The molecule has 1 saturated heterocycles. The highest BCUT2D eigenvalue weighted by molar-refractivity contribution is 5.60. The Morgan fingerprint density at radius 1 is 1.09 bits per heavy atom. The predicted octanol–water partition coefficient (Wildman–Crippen LogP) is 3.33. The maximum absolute atomic E-state index is 13.4. The zero-order valence-electron chi connectivity index (χ0n) is 18.9. The summed E-state index contributed by atoms with van der Waals surface area (Å²) in [7, 11) is 1.74. The van der Waals surface area contributed by atoms with Crippen molar-refractivity contribution in [1.82, 2.24) is 24.8 Å². The van der Waals surface area contributed by atoms with E-state index in [1.54, 1.807) is 14.0 Å². The van der Waals surface area contributed by atoms with Gasteiger partial charge in [0, 0.05) is 56.5 Å². The topological polar surface area (TPSA) is 71.7 Å². The molecule has 8 nitrogen and oxygen atoms in total. The maximum Gasteiger partial charge on any atom is 0.453 e. The van der Waals surface area contributed by atoms with Gasteiger partial charge in [-0.2, -0.15) is 17.7 Å². The number of piperidine rings is 1. The maximum atomic E-state index is 13.4. The predicted molar refractivity (Wildman–Crippen MR) is 116 cm³/mol. The molecule has 0 aromatic carbocycles. The standard InChI is InChI=1S/C22H26F3N7O/c1-13-14(2)20(29-32-19(13)27-28-21(32)22(23,24)25)31-8-6-18-15(11-31)9-16(10-26-18)30-7-4-5-17(12-30)33-3/h9-10,17H,4-8,11-12H2,1-3H3. The third-order valence-corrected chi connectivity index (χ3v) is 6.72. The van der Waals surface area contributed by atoms with Gasteiger partial charge in [-0.15, -0.1) is 15.3 Å². The molecule has 5 rings (SSSR count). The Labute approximate surface area is 189 Å². The first kappa shape index (κ1) is 21.9. The summed E-state index contributed by atoms with van der Waals surface area (Å²) in [6.07, 6.45) is 0.300. The van der Waals surface area contributed by atoms with Crippen LogP contribution in [0.3, 0.4) is 0 Å².